The summed E-state index contributed by atoms with van der Waals surface area (Å²) in [5, 5.41) is 0. The Morgan fingerprint density at radius 1 is 1.50 bits per heavy atom. The first-order valence-electron chi connectivity index (χ1n) is 5.27. The minimum atomic E-state index is 0.513. The van der Waals surface area contributed by atoms with Crippen LogP contribution in [0.2, 0.25) is 0 Å². The summed E-state index contributed by atoms with van der Waals surface area (Å²) in [5.41, 5.74) is 0.981. The molecule has 1 rings (SSSR count). The number of methoxy groups -OCH3 is 1. The third-order valence-corrected chi connectivity index (χ3v) is 2.89. The van der Waals surface area contributed by atoms with Crippen LogP contribution in [0.3, 0.4) is 0 Å². The number of alkyl halides is 1. The molecule has 0 aliphatic rings. The molecule has 0 amide bonds. The van der Waals surface area contributed by atoms with Gasteiger partial charge in [0.15, 0.2) is 0 Å². The molecular formula is C11H18BrN3O. The van der Waals surface area contributed by atoms with Crippen molar-refractivity contribution in [3.63, 3.8) is 0 Å². The molecule has 0 aliphatic carbocycles. The summed E-state index contributed by atoms with van der Waals surface area (Å²) < 4.78 is 5.17. The second-order valence-electron chi connectivity index (χ2n) is 3.82. The van der Waals surface area contributed by atoms with E-state index < -0.39 is 0 Å². The predicted octanol–water partition coefficient (Wildman–Crippen LogP) is 2.40. The summed E-state index contributed by atoms with van der Waals surface area (Å²) in [4.78, 5) is 11.0. The van der Waals surface area contributed by atoms with Gasteiger partial charge in [-0.05, 0) is 13.3 Å². The molecule has 1 atom stereocenters. The van der Waals surface area contributed by atoms with E-state index in [1.807, 2.05) is 14.0 Å². The van der Waals surface area contributed by atoms with Crippen LogP contribution in [0.4, 0.5) is 5.82 Å². The lowest BCUT2D eigenvalue weighted by Crippen LogP contribution is -2.22. The second kappa shape index (κ2) is 6.03. The van der Waals surface area contributed by atoms with Crippen LogP contribution in [0.5, 0.6) is 5.88 Å². The Morgan fingerprint density at radius 2 is 2.19 bits per heavy atom. The third-order valence-electron chi connectivity index (χ3n) is 2.43. The molecule has 0 saturated carbocycles. The Balaban J connectivity index is 2.78. The highest BCUT2D eigenvalue weighted by molar-refractivity contribution is 9.09. The van der Waals surface area contributed by atoms with Gasteiger partial charge in [-0.15, -0.1) is 0 Å². The van der Waals surface area contributed by atoms with Gasteiger partial charge < -0.3 is 9.64 Å². The highest BCUT2D eigenvalue weighted by atomic mass is 79.9. The standard InChI is InChI=1S/C11H18BrN3O/c1-8(12)5-6-15(3)10-9(2)11(16-4)14-7-13-10/h7-8H,5-6H2,1-4H3. The maximum atomic E-state index is 5.17. The van der Waals surface area contributed by atoms with E-state index in [0.717, 1.165) is 24.3 Å². The Bertz CT molecular complexity index is 344. The summed E-state index contributed by atoms with van der Waals surface area (Å²) in [6, 6.07) is 0. The summed E-state index contributed by atoms with van der Waals surface area (Å²) in [5.74, 6) is 1.57. The first kappa shape index (κ1) is 13.2. The first-order chi connectivity index (χ1) is 7.56. The average molecular weight is 288 g/mol. The van der Waals surface area contributed by atoms with Crippen LogP contribution in [0.1, 0.15) is 18.9 Å². The van der Waals surface area contributed by atoms with Crippen molar-refractivity contribution in [3.8, 4) is 5.88 Å². The van der Waals surface area contributed by atoms with Crippen LogP contribution in [0.25, 0.3) is 0 Å². The van der Waals surface area contributed by atoms with E-state index in [4.69, 9.17) is 4.74 Å². The van der Waals surface area contributed by atoms with Gasteiger partial charge in [0.05, 0.1) is 12.7 Å². The van der Waals surface area contributed by atoms with Crippen molar-refractivity contribution < 1.29 is 4.74 Å². The number of anilines is 1. The molecule has 0 aliphatic heterocycles. The van der Waals surface area contributed by atoms with Gasteiger partial charge in [0.1, 0.15) is 12.1 Å². The smallest absolute Gasteiger partial charge is 0.221 e. The Hall–Kier alpha value is -0.840. The molecule has 0 N–H and O–H groups in total. The normalized spacial score (nSPS) is 12.3. The highest BCUT2D eigenvalue weighted by Gasteiger charge is 2.11. The van der Waals surface area contributed by atoms with E-state index in [2.05, 4.69) is 37.7 Å². The van der Waals surface area contributed by atoms with Gasteiger partial charge in [-0.25, -0.2) is 9.97 Å². The highest BCUT2D eigenvalue weighted by Crippen LogP contribution is 2.22. The van der Waals surface area contributed by atoms with Crippen LogP contribution in [-0.4, -0.2) is 35.5 Å². The van der Waals surface area contributed by atoms with Gasteiger partial charge in [0, 0.05) is 18.4 Å². The summed E-state index contributed by atoms with van der Waals surface area (Å²) in [7, 11) is 3.66. The van der Waals surface area contributed by atoms with E-state index in [1.54, 1.807) is 7.11 Å². The first-order valence-corrected chi connectivity index (χ1v) is 6.18. The SMILES string of the molecule is COc1ncnc(N(C)CCC(C)Br)c1C. The average Bonchev–Trinajstić information content (AvgIpc) is 2.26. The van der Waals surface area contributed by atoms with Gasteiger partial charge in [-0.2, -0.15) is 0 Å². The number of aromatic nitrogens is 2. The molecule has 4 nitrogen and oxygen atoms in total. The molecule has 0 bridgehead atoms. The Morgan fingerprint density at radius 3 is 2.75 bits per heavy atom. The topological polar surface area (TPSA) is 38.3 Å². The fraction of sp³-hybridized carbons (Fsp3) is 0.636. The van der Waals surface area contributed by atoms with Crippen molar-refractivity contribution in [2.45, 2.75) is 25.1 Å². The molecule has 0 fully saturated rings. The van der Waals surface area contributed by atoms with E-state index >= 15 is 0 Å². The number of ether oxygens (including phenoxy) is 1. The predicted molar refractivity (Wildman–Crippen MR) is 69.6 cm³/mol. The van der Waals surface area contributed by atoms with Crippen LogP contribution >= 0.6 is 15.9 Å². The van der Waals surface area contributed by atoms with Crippen molar-refractivity contribution in [1.82, 2.24) is 9.97 Å². The zero-order chi connectivity index (χ0) is 12.1. The van der Waals surface area contributed by atoms with Crippen LogP contribution in [-0.2, 0) is 0 Å². The molecule has 1 aromatic rings. The van der Waals surface area contributed by atoms with Crippen LogP contribution < -0.4 is 9.64 Å². The molecule has 1 aromatic heterocycles. The molecule has 90 valence electrons. The minimum Gasteiger partial charge on any atom is -0.481 e. The van der Waals surface area contributed by atoms with Crippen molar-refractivity contribution in [2.24, 2.45) is 0 Å². The number of hydrogen-bond donors (Lipinski definition) is 0. The number of hydrogen-bond acceptors (Lipinski definition) is 4. The molecule has 0 spiro atoms. The maximum Gasteiger partial charge on any atom is 0.221 e. The molecule has 5 heteroatoms. The van der Waals surface area contributed by atoms with Gasteiger partial charge in [-0.1, -0.05) is 22.9 Å². The fourth-order valence-electron chi connectivity index (χ4n) is 1.49. The molecule has 1 unspecified atom stereocenters. The minimum absolute atomic E-state index is 0.513. The monoisotopic (exact) mass is 287 g/mol. The molecule has 0 aromatic carbocycles. The summed E-state index contributed by atoms with van der Waals surface area (Å²) >= 11 is 3.54. The second-order valence-corrected chi connectivity index (χ2v) is 5.39. The lowest BCUT2D eigenvalue weighted by Gasteiger charge is -2.21. The van der Waals surface area contributed by atoms with Gasteiger partial charge in [0.25, 0.3) is 0 Å². The third kappa shape index (κ3) is 3.33. The zero-order valence-electron chi connectivity index (χ0n) is 10.2. The number of halogens is 1. The fourth-order valence-corrected chi connectivity index (χ4v) is 1.70. The van der Waals surface area contributed by atoms with E-state index in [0.29, 0.717) is 10.7 Å². The van der Waals surface area contributed by atoms with Gasteiger partial charge in [0.2, 0.25) is 5.88 Å². The van der Waals surface area contributed by atoms with E-state index in [1.165, 1.54) is 6.33 Å². The summed E-state index contributed by atoms with van der Waals surface area (Å²) in [6.45, 7) is 5.07. The maximum absolute atomic E-state index is 5.17. The molecule has 16 heavy (non-hydrogen) atoms. The zero-order valence-corrected chi connectivity index (χ0v) is 11.8. The van der Waals surface area contributed by atoms with Crippen molar-refractivity contribution in [1.29, 1.82) is 0 Å². The van der Waals surface area contributed by atoms with Crippen molar-refractivity contribution >= 4 is 21.7 Å². The van der Waals surface area contributed by atoms with Crippen molar-refractivity contribution in [2.75, 3.05) is 25.6 Å². The Kier molecular flexibility index (Phi) is 4.99. The number of nitrogens with zero attached hydrogens (tertiary/aromatic N) is 3. The summed E-state index contributed by atoms with van der Waals surface area (Å²) in [6.07, 6.45) is 2.61. The quantitative estimate of drug-likeness (QED) is 0.780. The van der Waals surface area contributed by atoms with Gasteiger partial charge in [-0.3, -0.25) is 0 Å². The molecule has 0 saturated heterocycles. The molecular weight excluding hydrogens is 270 g/mol. The molecule has 0 radical (unpaired) electrons. The van der Waals surface area contributed by atoms with Crippen LogP contribution in [0, 0.1) is 6.92 Å². The van der Waals surface area contributed by atoms with E-state index in [-0.39, 0.29) is 0 Å². The van der Waals surface area contributed by atoms with E-state index in [9.17, 15) is 0 Å². The molecule has 1 heterocycles. The lowest BCUT2D eigenvalue weighted by atomic mass is 10.2. The van der Waals surface area contributed by atoms with Gasteiger partial charge >= 0.3 is 0 Å². The largest absolute Gasteiger partial charge is 0.481 e. The number of rotatable bonds is 5. The van der Waals surface area contributed by atoms with Crippen LogP contribution in [0.15, 0.2) is 6.33 Å². The Labute approximate surface area is 105 Å². The van der Waals surface area contributed by atoms with Crippen molar-refractivity contribution in [3.05, 3.63) is 11.9 Å². The lowest BCUT2D eigenvalue weighted by molar-refractivity contribution is 0.393.